The van der Waals surface area contributed by atoms with Gasteiger partial charge < -0.3 is 9.88 Å². The number of thioether (sulfide) groups is 1. The molecule has 1 amide bonds. The Hall–Kier alpha value is -2.62. The van der Waals surface area contributed by atoms with Crippen LogP contribution in [0.25, 0.3) is 0 Å². The van der Waals surface area contributed by atoms with Crippen LogP contribution in [0.15, 0.2) is 77.0 Å². The predicted octanol–water partition coefficient (Wildman–Crippen LogP) is 3.84. The molecular formula is C23H26N4O3S2. The van der Waals surface area contributed by atoms with E-state index in [1.54, 1.807) is 30.5 Å². The lowest BCUT2D eigenvalue weighted by atomic mass is 10.2. The molecule has 2 heterocycles. The summed E-state index contributed by atoms with van der Waals surface area (Å²) in [5.41, 5.74) is 1.73. The van der Waals surface area contributed by atoms with Gasteiger partial charge in [-0.15, -0.1) is 0 Å². The monoisotopic (exact) mass is 470 g/mol. The van der Waals surface area contributed by atoms with Gasteiger partial charge in [-0.05, 0) is 49.6 Å². The highest BCUT2D eigenvalue weighted by atomic mass is 32.2. The van der Waals surface area contributed by atoms with Gasteiger partial charge in [-0.25, -0.2) is 13.4 Å². The molecule has 4 rings (SSSR count). The van der Waals surface area contributed by atoms with Crippen LogP contribution >= 0.6 is 11.8 Å². The normalized spacial score (nSPS) is 15.5. The Morgan fingerprint density at radius 2 is 1.78 bits per heavy atom. The molecule has 0 spiro atoms. The van der Waals surface area contributed by atoms with E-state index in [4.69, 9.17) is 0 Å². The van der Waals surface area contributed by atoms with Gasteiger partial charge in [0.05, 0.1) is 10.1 Å². The molecule has 0 unspecified atom stereocenters. The smallest absolute Gasteiger partial charge is 0.243 e. The zero-order valence-electron chi connectivity index (χ0n) is 17.8. The third-order valence-electron chi connectivity index (χ3n) is 5.35. The first-order valence-corrected chi connectivity index (χ1v) is 12.9. The molecule has 1 atom stereocenters. The number of imidazole rings is 1. The SMILES string of the molecule is C[C@@H](Sc1nccn1Cc1ccccc1)C(=O)Nc1ccc(S(=O)(=O)N2CCCC2)cc1. The summed E-state index contributed by atoms with van der Waals surface area (Å²) in [5, 5.41) is 3.26. The number of rotatable bonds is 8. The van der Waals surface area contributed by atoms with E-state index in [1.165, 1.54) is 16.1 Å². The number of aromatic nitrogens is 2. The number of nitrogens with one attached hydrogen (secondary N) is 1. The van der Waals surface area contributed by atoms with Crippen LogP contribution in [-0.4, -0.2) is 46.5 Å². The van der Waals surface area contributed by atoms with Gasteiger partial charge in [0, 0.05) is 37.7 Å². The number of benzene rings is 2. The summed E-state index contributed by atoms with van der Waals surface area (Å²) in [6.07, 6.45) is 5.42. The van der Waals surface area contributed by atoms with E-state index < -0.39 is 10.0 Å². The van der Waals surface area contributed by atoms with Crippen LogP contribution in [0.4, 0.5) is 5.69 Å². The molecule has 0 bridgehead atoms. The van der Waals surface area contributed by atoms with Crippen LogP contribution in [-0.2, 0) is 21.4 Å². The standard InChI is InChI=1S/C23H26N4O3S2/c1-18(31-23-24-13-16-26(23)17-19-7-3-2-4-8-19)22(28)25-20-9-11-21(12-10-20)32(29,30)27-14-5-6-15-27/h2-4,7-13,16,18H,5-6,14-15,17H2,1H3,(H,25,28)/t18-/m1/s1. The number of hydrogen-bond acceptors (Lipinski definition) is 5. The highest BCUT2D eigenvalue weighted by molar-refractivity contribution is 8.00. The van der Waals surface area contributed by atoms with Crippen LogP contribution in [0.5, 0.6) is 0 Å². The van der Waals surface area contributed by atoms with Crippen molar-refractivity contribution in [2.24, 2.45) is 0 Å². The van der Waals surface area contributed by atoms with Gasteiger partial charge in [-0.3, -0.25) is 4.79 Å². The summed E-state index contributed by atoms with van der Waals surface area (Å²) in [6, 6.07) is 16.4. The van der Waals surface area contributed by atoms with Crippen LogP contribution < -0.4 is 5.32 Å². The maximum Gasteiger partial charge on any atom is 0.243 e. The second-order valence-electron chi connectivity index (χ2n) is 7.71. The Morgan fingerprint density at radius 3 is 2.47 bits per heavy atom. The molecule has 1 N–H and O–H groups in total. The van der Waals surface area contributed by atoms with Gasteiger partial charge >= 0.3 is 0 Å². The average Bonchev–Trinajstić information content (AvgIpc) is 3.48. The van der Waals surface area contributed by atoms with Gasteiger partial charge in [0.15, 0.2) is 5.16 Å². The zero-order chi connectivity index (χ0) is 22.6. The summed E-state index contributed by atoms with van der Waals surface area (Å²) >= 11 is 1.38. The molecule has 32 heavy (non-hydrogen) atoms. The fourth-order valence-electron chi connectivity index (χ4n) is 3.56. The summed E-state index contributed by atoms with van der Waals surface area (Å²) in [7, 11) is -3.46. The van der Waals surface area contributed by atoms with Crippen molar-refractivity contribution in [1.29, 1.82) is 0 Å². The number of sulfonamides is 1. The summed E-state index contributed by atoms with van der Waals surface area (Å²) in [4.78, 5) is 17.3. The molecule has 9 heteroatoms. The summed E-state index contributed by atoms with van der Waals surface area (Å²) in [6.45, 7) is 3.64. The maximum absolute atomic E-state index is 12.7. The molecule has 3 aromatic rings. The first-order valence-electron chi connectivity index (χ1n) is 10.6. The third kappa shape index (κ3) is 5.23. The molecule has 1 saturated heterocycles. The fraction of sp³-hybridized carbons (Fsp3) is 0.304. The van der Waals surface area contributed by atoms with E-state index in [-0.39, 0.29) is 16.1 Å². The van der Waals surface area contributed by atoms with E-state index in [0.717, 1.165) is 23.6 Å². The summed E-state index contributed by atoms with van der Waals surface area (Å²) < 4.78 is 28.8. The molecule has 2 aromatic carbocycles. The lowest BCUT2D eigenvalue weighted by molar-refractivity contribution is -0.115. The minimum absolute atomic E-state index is 0.167. The molecule has 7 nitrogen and oxygen atoms in total. The topological polar surface area (TPSA) is 84.3 Å². The van der Waals surface area contributed by atoms with Crippen LogP contribution in [0, 0.1) is 0 Å². The van der Waals surface area contributed by atoms with Crippen LogP contribution in [0.2, 0.25) is 0 Å². The molecule has 0 aliphatic carbocycles. The Morgan fingerprint density at radius 1 is 1.09 bits per heavy atom. The van der Waals surface area contributed by atoms with Gasteiger partial charge in [0.2, 0.25) is 15.9 Å². The lowest BCUT2D eigenvalue weighted by Gasteiger charge is -2.16. The lowest BCUT2D eigenvalue weighted by Crippen LogP contribution is -2.27. The van der Waals surface area contributed by atoms with Crippen molar-refractivity contribution in [3.63, 3.8) is 0 Å². The fourth-order valence-corrected chi connectivity index (χ4v) is 5.94. The Labute approximate surface area is 192 Å². The van der Waals surface area contributed by atoms with Crippen molar-refractivity contribution in [3.05, 3.63) is 72.6 Å². The van der Waals surface area contributed by atoms with Crippen molar-refractivity contribution in [2.45, 2.75) is 41.6 Å². The van der Waals surface area contributed by atoms with Crippen molar-refractivity contribution in [2.75, 3.05) is 18.4 Å². The number of hydrogen-bond donors (Lipinski definition) is 1. The largest absolute Gasteiger partial charge is 0.325 e. The first-order chi connectivity index (χ1) is 15.4. The molecular weight excluding hydrogens is 444 g/mol. The molecule has 0 saturated carbocycles. The van der Waals surface area contributed by atoms with Crippen LogP contribution in [0.3, 0.4) is 0 Å². The number of carbonyl (C=O) groups excluding carboxylic acids is 1. The Balaban J connectivity index is 1.37. The zero-order valence-corrected chi connectivity index (χ0v) is 19.5. The van der Waals surface area contributed by atoms with E-state index in [0.29, 0.717) is 25.3 Å². The third-order valence-corrected chi connectivity index (χ3v) is 8.38. The van der Waals surface area contributed by atoms with Crippen molar-refractivity contribution in [1.82, 2.24) is 13.9 Å². The minimum atomic E-state index is -3.46. The molecule has 1 aromatic heterocycles. The second-order valence-corrected chi connectivity index (χ2v) is 11.0. The molecule has 0 radical (unpaired) electrons. The molecule has 1 aliphatic heterocycles. The van der Waals surface area contributed by atoms with Crippen molar-refractivity contribution >= 4 is 33.4 Å². The minimum Gasteiger partial charge on any atom is -0.325 e. The summed E-state index contributed by atoms with van der Waals surface area (Å²) in [5.74, 6) is -0.167. The van der Waals surface area contributed by atoms with Gasteiger partial charge in [0.1, 0.15) is 0 Å². The Bertz CT molecular complexity index is 1160. The maximum atomic E-state index is 12.7. The molecule has 1 aliphatic rings. The van der Waals surface area contributed by atoms with E-state index in [1.807, 2.05) is 35.9 Å². The van der Waals surface area contributed by atoms with Crippen LogP contribution in [0.1, 0.15) is 25.3 Å². The van der Waals surface area contributed by atoms with Gasteiger partial charge in [-0.2, -0.15) is 4.31 Å². The number of amides is 1. The van der Waals surface area contributed by atoms with Gasteiger partial charge in [-0.1, -0.05) is 42.1 Å². The Kier molecular flexibility index (Phi) is 6.98. The highest BCUT2D eigenvalue weighted by Crippen LogP contribution is 2.25. The van der Waals surface area contributed by atoms with Crippen molar-refractivity contribution < 1.29 is 13.2 Å². The quantitative estimate of drug-likeness (QED) is 0.506. The van der Waals surface area contributed by atoms with Gasteiger partial charge in [0.25, 0.3) is 0 Å². The van der Waals surface area contributed by atoms with Crippen molar-refractivity contribution in [3.8, 4) is 0 Å². The number of anilines is 1. The number of nitrogens with zero attached hydrogens (tertiary/aromatic N) is 3. The average molecular weight is 471 g/mol. The second kappa shape index (κ2) is 9.89. The van der Waals surface area contributed by atoms with E-state index >= 15 is 0 Å². The van der Waals surface area contributed by atoms with E-state index in [9.17, 15) is 13.2 Å². The molecule has 168 valence electrons. The highest BCUT2D eigenvalue weighted by Gasteiger charge is 2.27. The first kappa shape index (κ1) is 22.6. The van der Waals surface area contributed by atoms with E-state index in [2.05, 4.69) is 22.4 Å². The predicted molar refractivity (Wildman–Crippen MR) is 126 cm³/mol. The molecule has 1 fully saturated rings. The number of carbonyl (C=O) groups is 1.